The molecule has 0 atom stereocenters. The number of benzene rings is 11. The van der Waals surface area contributed by atoms with Crippen LogP contribution in [0.4, 0.5) is 0 Å². The molecule has 2 aromatic heterocycles. The fourth-order valence-corrected chi connectivity index (χ4v) is 10.9. The van der Waals surface area contributed by atoms with E-state index in [0.717, 1.165) is 0 Å². The maximum atomic E-state index is 2.53. The molecule has 2 heteroatoms. The van der Waals surface area contributed by atoms with Crippen LogP contribution in [0.1, 0.15) is 0 Å². The molecule has 2 heterocycles. The molecule has 11 aromatic carbocycles. The Morgan fingerprint density at radius 3 is 1.69 bits per heavy atom. The van der Waals surface area contributed by atoms with Gasteiger partial charge < -0.3 is 9.13 Å². The van der Waals surface area contributed by atoms with Gasteiger partial charge in [-0.25, -0.2) is 0 Å². The predicted molar refractivity (Wildman–Crippen MR) is 263 cm³/mol. The highest BCUT2D eigenvalue weighted by molar-refractivity contribution is 6.21. The Bertz CT molecular complexity index is 4030. The lowest BCUT2D eigenvalue weighted by Gasteiger charge is -2.16. The van der Waals surface area contributed by atoms with Crippen LogP contribution in [0.15, 0.2) is 218 Å². The molecule has 0 N–H and O–H groups in total. The minimum atomic E-state index is 1.17. The highest BCUT2D eigenvalue weighted by atomic mass is 15.0. The van der Waals surface area contributed by atoms with Crippen molar-refractivity contribution in [1.82, 2.24) is 9.13 Å². The van der Waals surface area contributed by atoms with Crippen molar-refractivity contribution >= 4 is 75.9 Å². The van der Waals surface area contributed by atoms with Crippen molar-refractivity contribution in [3.8, 4) is 55.9 Å². The standard InChI is InChI=1S/C60H36N2/c1-2-15-42(16-3-1)61-55-24-7-6-18-48(55)53-34-39(28-32-57(53)61)40-29-33-58-54(35-40)51-31-26-37-12-4-5-17-44(37)60(51)62(58)56-25-11-20-45-43(19-10-21-47(45)56)41-27-30-46-49-22-8-13-38-14-9-23-50(59(38)49)52(46)36-41/h1-36H. The number of nitrogens with zero attached hydrogens (tertiary/aromatic N) is 2. The highest BCUT2D eigenvalue weighted by Crippen LogP contribution is 2.49. The molecule has 62 heavy (non-hydrogen) atoms. The summed E-state index contributed by atoms with van der Waals surface area (Å²) in [7, 11) is 0. The lowest BCUT2D eigenvalue weighted by atomic mass is 9.93. The lowest BCUT2D eigenvalue weighted by molar-refractivity contribution is 1.18. The van der Waals surface area contributed by atoms with Crippen LogP contribution in [0.5, 0.6) is 0 Å². The molecule has 0 fully saturated rings. The Kier molecular flexibility index (Phi) is 6.86. The van der Waals surface area contributed by atoms with Crippen LogP contribution < -0.4 is 0 Å². The van der Waals surface area contributed by atoms with E-state index in [4.69, 9.17) is 0 Å². The second-order valence-electron chi connectivity index (χ2n) is 16.8. The van der Waals surface area contributed by atoms with E-state index in [0.29, 0.717) is 0 Å². The summed E-state index contributed by atoms with van der Waals surface area (Å²) >= 11 is 0. The summed E-state index contributed by atoms with van der Waals surface area (Å²) in [6.07, 6.45) is 0. The smallest absolute Gasteiger partial charge is 0.0619 e. The van der Waals surface area contributed by atoms with E-state index in [-0.39, 0.29) is 0 Å². The Morgan fingerprint density at radius 1 is 0.258 bits per heavy atom. The maximum absolute atomic E-state index is 2.53. The predicted octanol–water partition coefficient (Wildman–Crippen LogP) is 16.3. The van der Waals surface area contributed by atoms with Crippen LogP contribution in [0.25, 0.3) is 132 Å². The number of hydrogen-bond acceptors (Lipinski definition) is 0. The molecule has 286 valence electrons. The molecule has 1 aliphatic carbocycles. The van der Waals surface area contributed by atoms with Gasteiger partial charge in [0.05, 0.1) is 27.8 Å². The average molecular weight is 785 g/mol. The van der Waals surface area contributed by atoms with Crippen molar-refractivity contribution in [2.75, 3.05) is 0 Å². The zero-order chi connectivity index (χ0) is 40.5. The number of rotatable bonds is 4. The van der Waals surface area contributed by atoms with Gasteiger partial charge in [-0.15, -0.1) is 0 Å². The van der Waals surface area contributed by atoms with E-state index in [9.17, 15) is 0 Å². The minimum Gasteiger partial charge on any atom is -0.309 e. The molecule has 2 nitrogen and oxygen atoms in total. The van der Waals surface area contributed by atoms with Gasteiger partial charge in [0.1, 0.15) is 0 Å². The van der Waals surface area contributed by atoms with Crippen molar-refractivity contribution in [3.05, 3.63) is 218 Å². The van der Waals surface area contributed by atoms with Crippen LogP contribution in [-0.2, 0) is 0 Å². The molecule has 0 spiro atoms. The SMILES string of the molecule is c1ccc(-n2c3ccccc3c3cc(-c4ccc5c(c4)c4ccc6ccccc6c4n5-c4cccc5c(-c6ccc7c(c6)-c6cccc8cccc-7c68)cccc45)ccc32)cc1. The van der Waals surface area contributed by atoms with E-state index in [2.05, 4.69) is 228 Å². The largest absolute Gasteiger partial charge is 0.309 e. The first-order valence-corrected chi connectivity index (χ1v) is 21.5. The molecule has 0 amide bonds. The van der Waals surface area contributed by atoms with Gasteiger partial charge in [0.2, 0.25) is 0 Å². The molecule has 0 bridgehead atoms. The summed E-state index contributed by atoms with van der Waals surface area (Å²) in [6.45, 7) is 0. The Hall–Kier alpha value is -8.20. The zero-order valence-electron chi connectivity index (χ0n) is 33.7. The third-order valence-electron chi connectivity index (χ3n) is 13.6. The van der Waals surface area contributed by atoms with E-state index in [1.54, 1.807) is 0 Å². The third kappa shape index (κ3) is 4.64. The topological polar surface area (TPSA) is 9.86 Å². The lowest BCUT2D eigenvalue weighted by Crippen LogP contribution is -1.96. The highest BCUT2D eigenvalue weighted by Gasteiger charge is 2.23. The molecule has 14 rings (SSSR count). The van der Waals surface area contributed by atoms with Crippen molar-refractivity contribution in [3.63, 3.8) is 0 Å². The molecule has 0 saturated carbocycles. The quantitative estimate of drug-likeness (QED) is 0.168. The maximum Gasteiger partial charge on any atom is 0.0619 e. The molecule has 0 saturated heterocycles. The van der Waals surface area contributed by atoms with E-state index >= 15 is 0 Å². The molecule has 0 unspecified atom stereocenters. The second-order valence-corrected chi connectivity index (χ2v) is 16.8. The van der Waals surface area contributed by atoms with E-state index in [1.807, 2.05) is 0 Å². The number of para-hydroxylation sites is 2. The third-order valence-corrected chi connectivity index (χ3v) is 13.6. The van der Waals surface area contributed by atoms with Gasteiger partial charge in [0.25, 0.3) is 0 Å². The monoisotopic (exact) mass is 784 g/mol. The fourth-order valence-electron chi connectivity index (χ4n) is 10.9. The Morgan fingerprint density at radius 2 is 0.855 bits per heavy atom. The average Bonchev–Trinajstić information content (AvgIpc) is 3.97. The van der Waals surface area contributed by atoms with Crippen molar-refractivity contribution < 1.29 is 0 Å². The summed E-state index contributed by atoms with van der Waals surface area (Å²) in [6, 6.07) is 81.1. The first kappa shape index (κ1) is 33.6. The Labute approximate surface area is 357 Å². The van der Waals surface area contributed by atoms with Crippen molar-refractivity contribution in [2.24, 2.45) is 0 Å². The molecule has 0 aliphatic heterocycles. The van der Waals surface area contributed by atoms with Crippen LogP contribution >= 0.6 is 0 Å². The van der Waals surface area contributed by atoms with Crippen LogP contribution in [0, 0.1) is 0 Å². The van der Waals surface area contributed by atoms with Crippen LogP contribution in [0.2, 0.25) is 0 Å². The summed E-state index contributed by atoms with van der Waals surface area (Å²) in [5.41, 5.74) is 17.4. The first-order valence-electron chi connectivity index (χ1n) is 21.5. The minimum absolute atomic E-state index is 1.17. The van der Waals surface area contributed by atoms with Crippen LogP contribution in [0.3, 0.4) is 0 Å². The summed E-state index contributed by atoms with van der Waals surface area (Å²) in [4.78, 5) is 0. The van der Waals surface area contributed by atoms with Crippen molar-refractivity contribution in [2.45, 2.75) is 0 Å². The van der Waals surface area contributed by atoms with Gasteiger partial charge in [0.15, 0.2) is 0 Å². The van der Waals surface area contributed by atoms with Crippen LogP contribution in [-0.4, -0.2) is 9.13 Å². The molecule has 0 radical (unpaired) electrons. The Balaban J connectivity index is 0.969. The molecule has 13 aromatic rings. The number of hydrogen-bond donors (Lipinski definition) is 0. The second kappa shape index (κ2) is 12.7. The molecular weight excluding hydrogens is 749 g/mol. The van der Waals surface area contributed by atoms with E-state index < -0.39 is 0 Å². The van der Waals surface area contributed by atoms with Crippen molar-refractivity contribution in [1.29, 1.82) is 0 Å². The molecular formula is C60H36N2. The van der Waals surface area contributed by atoms with Gasteiger partial charge in [0, 0.05) is 38.0 Å². The first-order chi connectivity index (χ1) is 30.8. The number of aromatic nitrogens is 2. The van der Waals surface area contributed by atoms with Gasteiger partial charge in [-0.3, -0.25) is 0 Å². The fraction of sp³-hybridized carbons (Fsp3) is 0. The summed E-state index contributed by atoms with van der Waals surface area (Å²) in [5, 5.41) is 12.6. The van der Waals surface area contributed by atoms with E-state index in [1.165, 1.54) is 132 Å². The normalized spacial score (nSPS) is 12.2. The van der Waals surface area contributed by atoms with Gasteiger partial charge in [-0.2, -0.15) is 0 Å². The summed E-state index contributed by atoms with van der Waals surface area (Å²) < 4.78 is 4.91. The van der Waals surface area contributed by atoms with Gasteiger partial charge in [-0.05, 0) is 121 Å². The van der Waals surface area contributed by atoms with Gasteiger partial charge >= 0.3 is 0 Å². The molecule has 1 aliphatic rings. The zero-order valence-corrected chi connectivity index (χ0v) is 33.7. The number of fused-ring (bicyclic) bond motifs is 12. The van der Waals surface area contributed by atoms with Gasteiger partial charge in [-0.1, -0.05) is 164 Å². The summed E-state index contributed by atoms with van der Waals surface area (Å²) in [5.74, 6) is 0.